The molecule has 0 aliphatic carbocycles. The summed E-state index contributed by atoms with van der Waals surface area (Å²) in [5, 5.41) is 0. The molecule has 1 aromatic rings. The first-order chi connectivity index (χ1) is 9.49. The normalized spacial score (nSPS) is 15.1. The van der Waals surface area contributed by atoms with Crippen molar-refractivity contribution in [2.45, 2.75) is 13.3 Å². The van der Waals surface area contributed by atoms with Crippen LogP contribution in [0.4, 0.5) is 5.69 Å². The van der Waals surface area contributed by atoms with Gasteiger partial charge in [0.05, 0.1) is 5.56 Å². The summed E-state index contributed by atoms with van der Waals surface area (Å²) >= 11 is 3.33. The Balaban J connectivity index is 0.00000220. The van der Waals surface area contributed by atoms with E-state index in [-0.39, 0.29) is 24.2 Å². The molecule has 21 heavy (non-hydrogen) atoms. The van der Waals surface area contributed by atoms with Gasteiger partial charge in [-0.3, -0.25) is 9.59 Å². The maximum Gasteiger partial charge on any atom is 0.256 e. The van der Waals surface area contributed by atoms with Crippen LogP contribution < -0.4 is 5.73 Å². The smallest absolute Gasteiger partial charge is 0.256 e. The highest BCUT2D eigenvalue weighted by atomic mass is 79.9. The van der Waals surface area contributed by atoms with Crippen molar-refractivity contribution in [1.82, 2.24) is 9.80 Å². The second-order valence-corrected chi connectivity index (χ2v) is 5.80. The molecule has 1 aliphatic heterocycles. The molecule has 2 amide bonds. The summed E-state index contributed by atoms with van der Waals surface area (Å²) < 4.78 is 0.852. The summed E-state index contributed by atoms with van der Waals surface area (Å²) in [7, 11) is 0. The number of hydrogen-bond acceptors (Lipinski definition) is 3. The zero-order valence-corrected chi connectivity index (χ0v) is 14.2. The van der Waals surface area contributed by atoms with Crippen molar-refractivity contribution in [3.63, 3.8) is 0 Å². The third-order valence-electron chi connectivity index (χ3n) is 3.47. The van der Waals surface area contributed by atoms with Crippen molar-refractivity contribution in [3.8, 4) is 0 Å². The fourth-order valence-electron chi connectivity index (χ4n) is 2.33. The SMILES string of the molecule is CC(=O)N1CCCN(C(=O)c2ccc(Br)cc2N)CC1.Cl. The summed E-state index contributed by atoms with van der Waals surface area (Å²) in [4.78, 5) is 27.4. The molecule has 0 atom stereocenters. The molecule has 116 valence electrons. The van der Waals surface area contributed by atoms with E-state index >= 15 is 0 Å². The first-order valence-corrected chi connectivity index (χ1v) is 7.38. The van der Waals surface area contributed by atoms with Gasteiger partial charge in [0.25, 0.3) is 5.91 Å². The van der Waals surface area contributed by atoms with Crippen LogP contribution in [0.15, 0.2) is 22.7 Å². The Bertz CT molecular complexity index is 539. The average molecular weight is 377 g/mol. The van der Waals surface area contributed by atoms with E-state index in [1.54, 1.807) is 28.9 Å². The first kappa shape index (κ1) is 17.8. The number of rotatable bonds is 1. The molecule has 0 spiro atoms. The van der Waals surface area contributed by atoms with Crippen LogP contribution in [-0.4, -0.2) is 47.8 Å². The Morgan fingerprint density at radius 2 is 1.76 bits per heavy atom. The van der Waals surface area contributed by atoms with Crippen LogP contribution >= 0.6 is 28.3 Å². The van der Waals surface area contributed by atoms with Gasteiger partial charge in [-0.2, -0.15) is 0 Å². The predicted octanol–water partition coefficient (Wildman–Crippen LogP) is 2.15. The number of carbonyl (C=O) groups is 2. The maximum absolute atomic E-state index is 12.5. The van der Waals surface area contributed by atoms with E-state index in [0.717, 1.165) is 10.9 Å². The highest BCUT2D eigenvalue weighted by Gasteiger charge is 2.22. The van der Waals surface area contributed by atoms with Crippen LogP contribution in [0.1, 0.15) is 23.7 Å². The topological polar surface area (TPSA) is 66.6 Å². The van der Waals surface area contributed by atoms with Crippen molar-refractivity contribution in [1.29, 1.82) is 0 Å². The molecule has 1 aromatic carbocycles. The first-order valence-electron chi connectivity index (χ1n) is 6.59. The lowest BCUT2D eigenvalue weighted by atomic mass is 10.1. The fourth-order valence-corrected chi connectivity index (χ4v) is 2.71. The van der Waals surface area contributed by atoms with Gasteiger partial charge in [0.2, 0.25) is 5.91 Å². The number of anilines is 1. The minimum atomic E-state index is -0.0691. The molecule has 1 saturated heterocycles. The number of halogens is 2. The van der Waals surface area contributed by atoms with Crippen LogP contribution in [0.5, 0.6) is 0 Å². The van der Waals surface area contributed by atoms with Crippen LogP contribution in [0.2, 0.25) is 0 Å². The van der Waals surface area contributed by atoms with Crippen LogP contribution in [0.25, 0.3) is 0 Å². The quantitative estimate of drug-likeness (QED) is 0.764. The molecule has 1 fully saturated rings. The second kappa shape index (κ2) is 7.66. The van der Waals surface area contributed by atoms with Gasteiger partial charge in [0, 0.05) is 43.3 Å². The lowest BCUT2D eigenvalue weighted by Gasteiger charge is -2.22. The van der Waals surface area contributed by atoms with Crippen LogP contribution in [-0.2, 0) is 4.79 Å². The van der Waals surface area contributed by atoms with Crippen LogP contribution in [0, 0.1) is 0 Å². The molecule has 2 N–H and O–H groups in total. The van der Waals surface area contributed by atoms with Gasteiger partial charge in [-0.15, -0.1) is 12.4 Å². The Labute approximate surface area is 139 Å². The van der Waals surface area contributed by atoms with Crippen LogP contribution in [0.3, 0.4) is 0 Å². The molecule has 0 bridgehead atoms. The van der Waals surface area contributed by atoms with Crippen molar-refractivity contribution >= 4 is 45.8 Å². The lowest BCUT2D eigenvalue weighted by molar-refractivity contribution is -0.128. The number of nitrogen functional groups attached to an aromatic ring is 1. The Morgan fingerprint density at radius 3 is 2.38 bits per heavy atom. The average Bonchev–Trinajstić information content (AvgIpc) is 2.63. The van der Waals surface area contributed by atoms with Crippen molar-refractivity contribution < 1.29 is 9.59 Å². The summed E-state index contributed by atoms with van der Waals surface area (Å²) in [6, 6.07) is 5.27. The van der Waals surface area contributed by atoms with Gasteiger partial charge < -0.3 is 15.5 Å². The van der Waals surface area contributed by atoms with Gasteiger partial charge in [-0.1, -0.05) is 15.9 Å². The third-order valence-corrected chi connectivity index (χ3v) is 3.97. The highest BCUT2D eigenvalue weighted by molar-refractivity contribution is 9.10. The number of benzene rings is 1. The van der Waals surface area contributed by atoms with Gasteiger partial charge in [-0.25, -0.2) is 0 Å². The van der Waals surface area contributed by atoms with Gasteiger partial charge in [-0.05, 0) is 24.6 Å². The fraction of sp³-hybridized carbons (Fsp3) is 0.429. The number of nitrogens with two attached hydrogens (primary N) is 1. The largest absolute Gasteiger partial charge is 0.398 e. The van der Waals surface area contributed by atoms with Gasteiger partial charge in [0.15, 0.2) is 0 Å². The second-order valence-electron chi connectivity index (χ2n) is 4.88. The number of nitrogens with zero attached hydrogens (tertiary/aromatic N) is 2. The molecule has 7 heteroatoms. The molecule has 0 saturated carbocycles. The van der Waals surface area contributed by atoms with E-state index in [0.29, 0.717) is 37.4 Å². The zero-order chi connectivity index (χ0) is 14.7. The predicted molar refractivity (Wildman–Crippen MR) is 88.6 cm³/mol. The van der Waals surface area contributed by atoms with Gasteiger partial charge in [0.1, 0.15) is 0 Å². The standard InChI is InChI=1S/C14H18BrN3O2.ClH/c1-10(19)17-5-2-6-18(8-7-17)14(20)12-4-3-11(15)9-13(12)16;/h3-4,9H,2,5-8,16H2,1H3;1H. The Kier molecular flexibility index (Phi) is 6.48. The molecule has 0 unspecified atom stereocenters. The van der Waals surface area contributed by atoms with E-state index in [9.17, 15) is 9.59 Å². The lowest BCUT2D eigenvalue weighted by Crippen LogP contribution is -2.36. The molecule has 1 aliphatic rings. The zero-order valence-electron chi connectivity index (χ0n) is 11.8. The minimum absolute atomic E-state index is 0. The minimum Gasteiger partial charge on any atom is -0.398 e. The molecular formula is C14H19BrClN3O2. The van der Waals surface area contributed by atoms with Gasteiger partial charge >= 0.3 is 0 Å². The molecule has 0 radical (unpaired) electrons. The maximum atomic E-state index is 12.5. The van der Waals surface area contributed by atoms with E-state index < -0.39 is 0 Å². The molecule has 0 aromatic heterocycles. The number of hydrogen-bond donors (Lipinski definition) is 1. The summed E-state index contributed by atoms with van der Waals surface area (Å²) in [6.07, 6.45) is 0.793. The molecule has 1 heterocycles. The highest BCUT2D eigenvalue weighted by Crippen LogP contribution is 2.20. The monoisotopic (exact) mass is 375 g/mol. The van der Waals surface area contributed by atoms with E-state index in [1.165, 1.54) is 0 Å². The summed E-state index contributed by atoms with van der Waals surface area (Å²) in [6.45, 7) is 4.04. The summed E-state index contributed by atoms with van der Waals surface area (Å²) in [5.74, 6) is -0.0112. The van der Waals surface area contributed by atoms with E-state index in [4.69, 9.17) is 5.73 Å². The van der Waals surface area contributed by atoms with Crippen molar-refractivity contribution in [2.75, 3.05) is 31.9 Å². The van der Waals surface area contributed by atoms with Crippen molar-refractivity contribution in [3.05, 3.63) is 28.2 Å². The molecular weight excluding hydrogens is 358 g/mol. The van der Waals surface area contributed by atoms with Crippen molar-refractivity contribution in [2.24, 2.45) is 0 Å². The Morgan fingerprint density at radius 1 is 1.14 bits per heavy atom. The summed E-state index contributed by atoms with van der Waals surface area (Å²) in [5.41, 5.74) is 6.89. The van der Waals surface area contributed by atoms with E-state index in [1.807, 2.05) is 6.07 Å². The molecule has 5 nitrogen and oxygen atoms in total. The van der Waals surface area contributed by atoms with E-state index in [2.05, 4.69) is 15.9 Å². The third kappa shape index (κ3) is 4.35. The number of amides is 2. The Hall–Kier alpha value is -1.27. The molecule has 2 rings (SSSR count). The number of carbonyl (C=O) groups excluding carboxylic acids is 2.